The smallest absolute Gasteiger partial charge is 0.280 e. The molecule has 2 heterocycles. The Labute approximate surface area is 126 Å². The van der Waals surface area contributed by atoms with Crippen LogP contribution in [0.2, 0.25) is 0 Å². The van der Waals surface area contributed by atoms with Gasteiger partial charge in [0.1, 0.15) is 5.52 Å². The second-order valence-electron chi connectivity index (χ2n) is 4.33. The van der Waals surface area contributed by atoms with Gasteiger partial charge in [-0.1, -0.05) is 17.8 Å². The molecule has 2 aromatic heterocycles. The summed E-state index contributed by atoms with van der Waals surface area (Å²) in [5.41, 5.74) is 0.870. The molecule has 0 aliphatic carbocycles. The summed E-state index contributed by atoms with van der Waals surface area (Å²) in [7, 11) is 1.71. The Balaban J connectivity index is 2.29. The first-order valence-electron chi connectivity index (χ1n) is 6.51. The van der Waals surface area contributed by atoms with E-state index in [2.05, 4.69) is 22.0 Å². The zero-order chi connectivity index (χ0) is 15.4. The molecule has 0 aliphatic rings. The van der Waals surface area contributed by atoms with Crippen molar-refractivity contribution in [3.63, 3.8) is 0 Å². The molecule has 1 amide bonds. The number of fused-ring (bicyclic) bond motifs is 1. The third-order valence-electron chi connectivity index (χ3n) is 2.91. The molecule has 112 valence electrons. The fourth-order valence-corrected chi connectivity index (χ4v) is 2.78. The Kier molecular flexibility index (Phi) is 4.79. The van der Waals surface area contributed by atoms with Crippen molar-refractivity contribution in [2.45, 2.75) is 18.6 Å². The first kappa shape index (κ1) is 15.3. The van der Waals surface area contributed by atoms with Crippen LogP contribution >= 0.6 is 11.8 Å². The normalized spacial score (nSPS) is 10.8. The van der Waals surface area contributed by atoms with Crippen molar-refractivity contribution in [3.05, 3.63) is 29.2 Å². The van der Waals surface area contributed by atoms with E-state index in [9.17, 15) is 9.59 Å². The highest BCUT2D eigenvalue weighted by atomic mass is 32.2. The lowest BCUT2D eigenvalue weighted by molar-refractivity contribution is -0.118. The van der Waals surface area contributed by atoms with Crippen molar-refractivity contribution in [1.29, 1.82) is 0 Å². The summed E-state index contributed by atoms with van der Waals surface area (Å²) in [4.78, 5) is 28.5. The first-order chi connectivity index (χ1) is 10.1. The lowest BCUT2D eigenvalue weighted by Crippen LogP contribution is -2.27. The Morgan fingerprint density at radius 1 is 1.57 bits per heavy atom. The van der Waals surface area contributed by atoms with Crippen LogP contribution in [0.5, 0.6) is 0 Å². The van der Waals surface area contributed by atoms with Crippen LogP contribution in [-0.4, -0.2) is 37.5 Å². The number of aromatic nitrogens is 4. The second kappa shape index (κ2) is 6.57. The van der Waals surface area contributed by atoms with Gasteiger partial charge in [-0.3, -0.25) is 18.8 Å². The minimum Gasteiger partial charge on any atom is -0.352 e. The van der Waals surface area contributed by atoms with Gasteiger partial charge < -0.3 is 5.32 Å². The van der Waals surface area contributed by atoms with Gasteiger partial charge in [-0.15, -0.1) is 6.58 Å². The van der Waals surface area contributed by atoms with Crippen LogP contribution in [0, 0.1) is 0 Å². The van der Waals surface area contributed by atoms with Crippen LogP contribution in [-0.2, 0) is 18.4 Å². The van der Waals surface area contributed by atoms with Gasteiger partial charge in [0.25, 0.3) is 5.56 Å². The van der Waals surface area contributed by atoms with E-state index >= 15 is 0 Å². The number of nitrogens with zero attached hydrogens (tertiary/aromatic N) is 4. The number of carbonyl (C=O) groups is 1. The zero-order valence-electron chi connectivity index (χ0n) is 12.0. The molecule has 8 heteroatoms. The van der Waals surface area contributed by atoms with Crippen LogP contribution in [0.3, 0.4) is 0 Å². The number of carbonyl (C=O) groups excluding carboxylic acids is 1. The van der Waals surface area contributed by atoms with Gasteiger partial charge in [0, 0.05) is 20.1 Å². The Hall–Kier alpha value is -2.09. The Morgan fingerprint density at radius 3 is 3.00 bits per heavy atom. The fraction of sp³-hybridized carbons (Fsp3) is 0.385. The predicted molar refractivity (Wildman–Crippen MR) is 82.4 cm³/mol. The largest absolute Gasteiger partial charge is 0.352 e. The molecule has 0 aliphatic heterocycles. The zero-order valence-corrected chi connectivity index (χ0v) is 12.8. The van der Waals surface area contributed by atoms with Crippen molar-refractivity contribution >= 4 is 28.7 Å². The maximum Gasteiger partial charge on any atom is 0.280 e. The summed E-state index contributed by atoms with van der Waals surface area (Å²) < 4.78 is 3.07. The van der Waals surface area contributed by atoms with Crippen molar-refractivity contribution in [2.24, 2.45) is 7.05 Å². The second-order valence-corrected chi connectivity index (χ2v) is 5.27. The van der Waals surface area contributed by atoms with Gasteiger partial charge in [0.2, 0.25) is 5.91 Å². The van der Waals surface area contributed by atoms with Crippen LogP contribution < -0.4 is 10.9 Å². The number of aryl methyl sites for hydroxylation is 1. The first-order valence-corrected chi connectivity index (χ1v) is 7.50. The molecule has 0 saturated heterocycles. The molecule has 2 rings (SSSR count). The average Bonchev–Trinajstić information content (AvgIpc) is 2.84. The van der Waals surface area contributed by atoms with E-state index in [1.807, 2.05) is 6.92 Å². The van der Waals surface area contributed by atoms with Crippen molar-refractivity contribution in [2.75, 3.05) is 12.3 Å². The molecule has 0 fully saturated rings. The van der Waals surface area contributed by atoms with Crippen molar-refractivity contribution in [1.82, 2.24) is 24.6 Å². The summed E-state index contributed by atoms with van der Waals surface area (Å²) in [5, 5.41) is 7.26. The van der Waals surface area contributed by atoms with E-state index < -0.39 is 0 Å². The fourth-order valence-electron chi connectivity index (χ4n) is 1.89. The number of rotatable bonds is 6. The van der Waals surface area contributed by atoms with Gasteiger partial charge in [0.15, 0.2) is 10.7 Å². The summed E-state index contributed by atoms with van der Waals surface area (Å²) in [6.07, 6.45) is 3.17. The van der Waals surface area contributed by atoms with E-state index in [1.165, 1.54) is 16.4 Å². The van der Waals surface area contributed by atoms with Crippen LogP contribution in [0.15, 0.2) is 28.8 Å². The monoisotopic (exact) mass is 307 g/mol. The molecule has 0 radical (unpaired) electrons. The Bertz CT molecular complexity index is 734. The quantitative estimate of drug-likeness (QED) is 0.479. The van der Waals surface area contributed by atoms with E-state index in [0.29, 0.717) is 29.3 Å². The van der Waals surface area contributed by atoms with Crippen molar-refractivity contribution < 1.29 is 4.79 Å². The lowest BCUT2D eigenvalue weighted by Gasteiger charge is -2.09. The number of amides is 1. The average molecular weight is 307 g/mol. The molecular formula is C13H17N5O2S. The molecule has 0 spiro atoms. The number of hydrogen-bond donors (Lipinski definition) is 1. The minimum atomic E-state index is -0.142. The number of hydrogen-bond acceptors (Lipinski definition) is 5. The van der Waals surface area contributed by atoms with Crippen LogP contribution in [0.4, 0.5) is 0 Å². The molecule has 0 saturated carbocycles. The SMILES string of the molecule is C=CCNC(=O)CSc1nc2cnn(C)c2c(=O)n1CC. The summed E-state index contributed by atoms with van der Waals surface area (Å²) in [5.74, 6) is 0.0783. The number of nitrogens with one attached hydrogen (secondary N) is 1. The summed E-state index contributed by atoms with van der Waals surface area (Å²) in [6, 6.07) is 0. The summed E-state index contributed by atoms with van der Waals surface area (Å²) in [6.45, 7) is 6.32. The van der Waals surface area contributed by atoms with Gasteiger partial charge >= 0.3 is 0 Å². The van der Waals surface area contributed by atoms with Crippen molar-refractivity contribution in [3.8, 4) is 0 Å². The minimum absolute atomic E-state index is 0.122. The molecule has 1 N–H and O–H groups in total. The van der Waals surface area contributed by atoms with Gasteiger partial charge in [-0.25, -0.2) is 4.98 Å². The van der Waals surface area contributed by atoms with Gasteiger partial charge in [-0.05, 0) is 6.92 Å². The van der Waals surface area contributed by atoms with Gasteiger partial charge in [0.05, 0.1) is 11.9 Å². The molecule has 0 atom stereocenters. The third-order valence-corrected chi connectivity index (χ3v) is 3.88. The van der Waals surface area contributed by atoms with E-state index in [0.717, 1.165) is 0 Å². The highest BCUT2D eigenvalue weighted by molar-refractivity contribution is 7.99. The highest BCUT2D eigenvalue weighted by Crippen LogP contribution is 2.17. The predicted octanol–water partition coefficient (Wildman–Crippen LogP) is 0.544. The molecule has 7 nitrogen and oxygen atoms in total. The van der Waals surface area contributed by atoms with Crippen LogP contribution in [0.1, 0.15) is 6.92 Å². The van der Waals surface area contributed by atoms with E-state index in [1.54, 1.807) is 23.9 Å². The molecule has 2 aromatic rings. The van der Waals surface area contributed by atoms with Crippen LogP contribution in [0.25, 0.3) is 11.0 Å². The molecule has 0 bridgehead atoms. The maximum atomic E-state index is 12.4. The highest BCUT2D eigenvalue weighted by Gasteiger charge is 2.14. The van der Waals surface area contributed by atoms with E-state index in [-0.39, 0.29) is 17.2 Å². The summed E-state index contributed by atoms with van der Waals surface area (Å²) >= 11 is 1.24. The topological polar surface area (TPSA) is 81.8 Å². The third kappa shape index (κ3) is 3.15. The molecule has 0 unspecified atom stereocenters. The molecule has 0 aromatic carbocycles. The maximum absolute atomic E-state index is 12.4. The lowest BCUT2D eigenvalue weighted by atomic mass is 10.4. The van der Waals surface area contributed by atoms with E-state index in [4.69, 9.17) is 0 Å². The van der Waals surface area contributed by atoms with Gasteiger partial charge in [-0.2, -0.15) is 5.10 Å². The molecular weight excluding hydrogens is 290 g/mol. The standard InChI is InChI=1S/C13H17N5O2S/c1-4-6-14-10(19)8-21-13-16-9-7-15-17(3)11(9)12(20)18(13)5-2/h4,7H,1,5-6,8H2,2-3H3,(H,14,19). The Morgan fingerprint density at radius 2 is 2.33 bits per heavy atom. The number of thioether (sulfide) groups is 1. The molecule has 21 heavy (non-hydrogen) atoms.